The summed E-state index contributed by atoms with van der Waals surface area (Å²) in [6, 6.07) is 0. The molecule has 26 heavy (non-hydrogen) atoms. The van der Waals surface area contributed by atoms with Gasteiger partial charge >= 0.3 is 5.97 Å². The normalized spacial score (nSPS) is 10.6. The molecule has 2 heterocycles. The molecule has 0 spiro atoms. The molecule has 2 rings (SSSR count). The Hall–Kier alpha value is -2.39. The minimum absolute atomic E-state index is 0.115. The second kappa shape index (κ2) is 8.33. The van der Waals surface area contributed by atoms with Crippen molar-refractivity contribution < 1.29 is 19.1 Å². The van der Waals surface area contributed by atoms with Gasteiger partial charge in [0, 0.05) is 6.54 Å². The number of esters is 1. The Balaban J connectivity index is 2.43. The number of nitrogens with zero attached hydrogens (tertiary/aromatic N) is 2. The van der Waals surface area contributed by atoms with Crippen LogP contribution < -0.4 is 11.1 Å². The van der Waals surface area contributed by atoms with Gasteiger partial charge in [-0.15, -0.1) is 11.3 Å². The van der Waals surface area contributed by atoms with Crippen LogP contribution in [0.15, 0.2) is 6.20 Å². The third-order valence-electron chi connectivity index (χ3n) is 3.55. The lowest BCUT2D eigenvalue weighted by Crippen LogP contribution is -2.19. The summed E-state index contributed by atoms with van der Waals surface area (Å²) in [7, 11) is 0. The van der Waals surface area contributed by atoms with Crippen molar-refractivity contribution in [3.8, 4) is 0 Å². The molecule has 8 nitrogen and oxygen atoms in total. The second-order valence-electron chi connectivity index (χ2n) is 5.37. The lowest BCUT2D eigenvalue weighted by Gasteiger charge is -2.09. The highest BCUT2D eigenvalue weighted by atomic mass is 35.5. The van der Waals surface area contributed by atoms with E-state index >= 15 is 0 Å². The Kier molecular flexibility index (Phi) is 6.38. The number of hydrogen-bond donors (Lipinski definition) is 2. The number of anilines is 1. The summed E-state index contributed by atoms with van der Waals surface area (Å²) in [5.41, 5.74) is 6.01. The molecular weight excluding hydrogens is 380 g/mol. The van der Waals surface area contributed by atoms with Gasteiger partial charge in [0.1, 0.15) is 10.7 Å². The molecule has 0 aliphatic heterocycles. The van der Waals surface area contributed by atoms with E-state index in [9.17, 15) is 14.4 Å². The Morgan fingerprint density at radius 1 is 1.38 bits per heavy atom. The number of nitrogens with one attached hydrogen (secondary N) is 1. The quantitative estimate of drug-likeness (QED) is 0.695. The average Bonchev–Trinajstić information content (AvgIpc) is 3.12. The van der Waals surface area contributed by atoms with Crippen LogP contribution in [0.5, 0.6) is 0 Å². The summed E-state index contributed by atoms with van der Waals surface area (Å²) < 4.78 is 6.59. The monoisotopic (exact) mass is 398 g/mol. The van der Waals surface area contributed by atoms with Crippen molar-refractivity contribution in [3.05, 3.63) is 32.9 Å². The zero-order chi connectivity index (χ0) is 19.4. The molecule has 0 atom stereocenters. The molecule has 2 aromatic rings. The highest BCUT2D eigenvalue weighted by molar-refractivity contribution is 7.18. The van der Waals surface area contributed by atoms with E-state index in [2.05, 4.69) is 10.4 Å². The molecule has 140 valence electrons. The van der Waals surface area contributed by atoms with Gasteiger partial charge in [-0.05, 0) is 25.8 Å². The number of aryl methyl sites for hydroxylation is 1. The molecule has 0 aliphatic carbocycles. The van der Waals surface area contributed by atoms with Crippen molar-refractivity contribution >= 4 is 45.7 Å². The zero-order valence-electron chi connectivity index (χ0n) is 14.6. The summed E-state index contributed by atoms with van der Waals surface area (Å²) in [5.74, 6) is -1.86. The number of aromatic nitrogens is 2. The van der Waals surface area contributed by atoms with Gasteiger partial charge < -0.3 is 15.8 Å². The maximum absolute atomic E-state index is 12.6. The lowest BCUT2D eigenvalue weighted by atomic mass is 10.1. The maximum Gasteiger partial charge on any atom is 0.341 e. The molecule has 10 heteroatoms. The van der Waals surface area contributed by atoms with Crippen LogP contribution in [-0.4, -0.2) is 34.2 Å². The fourth-order valence-electron chi connectivity index (χ4n) is 2.34. The molecule has 0 aromatic carbocycles. The molecule has 0 saturated carbocycles. The van der Waals surface area contributed by atoms with Crippen LogP contribution in [0.3, 0.4) is 0 Å². The van der Waals surface area contributed by atoms with Gasteiger partial charge in [0.2, 0.25) is 0 Å². The van der Waals surface area contributed by atoms with Gasteiger partial charge in [-0.2, -0.15) is 5.10 Å². The highest BCUT2D eigenvalue weighted by Crippen LogP contribution is 2.34. The number of carbonyl (C=O) groups is 3. The van der Waals surface area contributed by atoms with Crippen molar-refractivity contribution in [2.24, 2.45) is 5.73 Å². The SMILES string of the molecule is CCCOC(=O)c1c(NC(=O)c2c(Cl)cnn2CC)sc(C(N)=O)c1C. The number of amides is 2. The molecule has 0 saturated heterocycles. The van der Waals surface area contributed by atoms with Crippen molar-refractivity contribution in [1.82, 2.24) is 9.78 Å². The maximum atomic E-state index is 12.6. The van der Waals surface area contributed by atoms with Crippen LogP contribution in [0.1, 0.15) is 56.3 Å². The highest BCUT2D eigenvalue weighted by Gasteiger charge is 2.27. The van der Waals surface area contributed by atoms with E-state index < -0.39 is 17.8 Å². The molecule has 2 aromatic heterocycles. The first-order chi connectivity index (χ1) is 12.3. The molecule has 3 N–H and O–H groups in total. The van der Waals surface area contributed by atoms with Crippen LogP contribution in [0.4, 0.5) is 5.00 Å². The number of hydrogen-bond acceptors (Lipinski definition) is 6. The van der Waals surface area contributed by atoms with E-state index in [0.29, 0.717) is 18.5 Å². The van der Waals surface area contributed by atoms with Crippen LogP contribution >= 0.6 is 22.9 Å². The van der Waals surface area contributed by atoms with E-state index in [1.807, 2.05) is 13.8 Å². The first-order valence-corrected chi connectivity index (χ1v) is 9.14. The molecular formula is C16H19ClN4O4S. The largest absolute Gasteiger partial charge is 0.462 e. The minimum atomic E-state index is -0.686. The number of ether oxygens (including phenoxy) is 1. The standard InChI is InChI=1S/C16H19ClN4O4S/c1-4-6-25-16(24)10-8(3)12(13(18)22)26-15(10)20-14(23)11-9(17)7-19-21(11)5-2/h7H,4-6H2,1-3H3,(H2,18,22)(H,20,23). The van der Waals surface area contributed by atoms with Gasteiger partial charge in [0.25, 0.3) is 11.8 Å². The summed E-state index contributed by atoms with van der Waals surface area (Å²) >= 11 is 6.96. The van der Waals surface area contributed by atoms with Crippen molar-refractivity contribution in [2.45, 2.75) is 33.7 Å². The number of nitrogens with two attached hydrogens (primary N) is 1. The molecule has 0 radical (unpaired) electrons. The summed E-state index contributed by atoms with van der Waals surface area (Å²) in [6.45, 7) is 5.92. The smallest absolute Gasteiger partial charge is 0.341 e. The minimum Gasteiger partial charge on any atom is -0.462 e. The predicted octanol–water partition coefficient (Wildman–Crippen LogP) is 2.84. The number of halogens is 1. The van der Waals surface area contributed by atoms with E-state index in [0.717, 1.165) is 11.3 Å². The number of carbonyl (C=O) groups excluding carboxylic acids is 3. The zero-order valence-corrected chi connectivity index (χ0v) is 16.2. The van der Waals surface area contributed by atoms with Crippen LogP contribution in [0.25, 0.3) is 0 Å². The van der Waals surface area contributed by atoms with Crippen LogP contribution in [-0.2, 0) is 11.3 Å². The fraction of sp³-hybridized carbons (Fsp3) is 0.375. The predicted molar refractivity (Wildman–Crippen MR) is 99.0 cm³/mol. The van der Waals surface area contributed by atoms with E-state index in [4.69, 9.17) is 22.1 Å². The average molecular weight is 399 g/mol. The summed E-state index contributed by atoms with van der Waals surface area (Å²) in [5, 5.41) is 7.00. The van der Waals surface area contributed by atoms with Crippen molar-refractivity contribution in [2.75, 3.05) is 11.9 Å². The number of primary amides is 1. The Labute approximate surface area is 159 Å². The second-order valence-corrected chi connectivity index (χ2v) is 6.80. The van der Waals surface area contributed by atoms with E-state index in [-0.39, 0.29) is 32.8 Å². The van der Waals surface area contributed by atoms with Gasteiger partial charge in [0.05, 0.1) is 28.3 Å². The van der Waals surface area contributed by atoms with Gasteiger partial charge in [-0.25, -0.2) is 4.79 Å². The number of rotatable bonds is 7. The molecule has 2 amide bonds. The van der Waals surface area contributed by atoms with E-state index in [1.165, 1.54) is 10.9 Å². The molecule has 0 bridgehead atoms. The third kappa shape index (κ3) is 3.88. The lowest BCUT2D eigenvalue weighted by molar-refractivity contribution is 0.0506. The Morgan fingerprint density at radius 3 is 2.65 bits per heavy atom. The van der Waals surface area contributed by atoms with Gasteiger partial charge in [-0.3, -0.25) is 14.3 Å². The molecule has 0 unspecified atom stereocenters. The van der Waals surface area contributed by atoms with Crippen molar-refractivity contribution in [1.29, 1.82) is 0 Å². The Morgan fingerprint density at radius 2 is 2.08 bits per heavy atom. The fourth-order valence-corrected chi connectivity index (χ4v) is 3.61. The topological polar surface area (TPSA) is 116 Å². The van der Waals surface area contributed by atoms with Gasteiger partial charge in [-0.1, -0.05) is 18.5 Å². The molecule has 0 aliphatic rings. The van der Waals surface area contributed by atoms with Gasteiger partial charge in [0.15, 0.2) is 0 Å². The number of thiophene rings is 1. The van der Waals surface area contributed by atoms with E-state index in [1.54, 1.807) is 6.92 Å². The third-order valence-corrected chi connectivity index (χ3v) is 5.05. The van der Waals surface area contributed by atoms with Crippen molar-refractivity contribution in [3.63, 3.8) is 0 Å². The first kappa shape index (κ1) is 19.9. The summed E-state index contributed by atoms with van der Waals surface area (Å²) in [4.78, 5) is 36.8. The van der Waals surface area contributed by atoms with Crippen LogP contribution in [0.2, 0.25) is 5.02 Å². The summed E-state index contributed by atoms with van der Waals surface area (Å²) in [6.07, 6.45) is 2.01. The first-order valence-electron chi connectivity index (χ1n) is 7.94. The molecule has 0 fully saturated rings. The van der Waals surface area contributed by atoms with Crippen LogP contribution in [0, 0.1) is 6.92 Å². The Bertz CT molecular complexity index is 859.